The van der Waals surface area contributed by atoms with Crippen LogP contribution in [-0.2, 0) is 10.2 Å². The average Bonchev–Trinajstić information content (AvgIpc) is 2.39. The molecule has 0 bridgehead atoms. The highest BCUT2D eigenvalue weighted by molar-refractivity contribution is 7.86. The van der Waals surface area contributed by atoms with Crippen molar-refractivity contribution in [3.63, 3.8) is 0 Å². The zero-order valence-corrected chi connectivity index (χ0v) is 11.3. The van der Waals surface area contributed by atoms with Gasteiger partial charge in [0.1, 0.15) is 0 Å². The van der Waals surface area contributed by atoms with Crippen molar-refractivity contribution in [2.24, 2.45) is 5.92 Å². The van der Waals surface area contributed by atoms with Gasteiger partial charge in [-0.2, -0.15) is 30.2 Å². The van der Waals surface area contributed by atoms with Crippen LogP contribution in [0, 0.1) is 5.92 Å². The standard InChI is InChI=1S/C10H18F3N3O2S/c11-10(12,13)9-1-5-15(6-2-9)19(17,18)16-7-3-14-4-8-16/h9,14H,1-8H2. The fraction of sp³-hybridized carbons (Fsp3) is 1.00. The Morgan fingerprint density at radius 1 is 0.947 bits per heavy atom. The SMILES string of the molecule is O=S(=O)(N1CCNCC1)N1CCC(C(F)(F)F)CC1. The Kier molecular flexibility index (Phi) is 4.38. The molecule has 0 aromatic heterocycles. The lowest BCUT2D eigenvalue weighted by Gasteiger charge is -2.36. The second kappa shape index (κ2) is 5.55. The molecule has 5 nitrogen and oxygen atoms in total. The van der Waals surface area contributed by atoms with Crippen LogP contribution < -0.4 is 5.32 Å². The van der Waals surface area contributed by atoms with Crippen LogP contribution in [-0.4, -0.2) is 62.5 Å². The van der Waals surface area contributed by atoms with Crippen LogP contribution in [0.1, 0.15) is 12.8 Å². The van der Waals surface area contributed by atoms with E-state index in [9.17, 15) is 21.6 Å². The molecule has 9 heteroatoms. The highest BCUT2D eigenvalue weighted by atomic mass is 32.2. The predicted molar refractivity (Wildman–Crippen MR) is 63.7 cm³/mol. The molecule has 2 fully saturated rings. The molecule has 2 heterocycles. The normalized spacial score (nSPS) is 25.6. The zero-order chi connectivity index (χ0) is 14.1. The van der Waals surface area contributed by atoms with Crippen LogP contribution in [0.5, 0.6) is 0 Å². The molecule has 2 aliphatic heterocycles. The van der Waals surface area contributed by atoms with Gasteiger partial charge in [-0.25, -0.2) is 0 Å². The van der Waals surface area contributed by atoms with Gasteiger partial charge in [-0.15, -0.1) is 0 Å². The molecular weight excluding hydrogens is 283 g/mol. The highest BCUT2D eigenvalue weighted by Crippen LogP contribution is 2.34. The van der Waals surface area contributed by atoms with Gasteiger partial charge in [0, 0.05) is 39.3 Å². The van der Waals surface area contributed by atoms with Gasteiger partial charge in [0.15, 0.2) is 0 Å². The van der Waals surface area contributed by atoms with Crippen LogP contribution in [0.3, 0.4) is 0 Å². The topological polar surface area (TPSA) is 52.7 Å². The number of hydrogen-bond donors (Lipinski definition) is 1. The molecule has 0 aromatic carbocycles. The minimum absolute atomic E-state index is 0.0452. The zero-order valence-electron chi connectivity index (χ0n) is 10.5. The molecule has 0 unspecified atom stereocenters. The summed E-state index contributed by atoms with van der Waals surface area (Å²) in [6.07, 6.45) is -4.51. The van der Waals surface area contributed by atoms with Gasteiger partial charge >= 0.3 is 6.18 Å². The molecule has 19 heavy (non-hydrogen) atoms. The van der Waals surface area contributed by atoms with Crippen molar-refractivity contribution >= 4 is 10.2 Å². The van der Waals surface area contributed by atoms with Crippen LogP contribution >= 0.6 is 0 Å². The predicted octanol–water partition coefficient (Wildman–Crippen LogP) is 0.411. The molecule has 0 aromatic rings. The number of alkyl halides is 3. The Bertz CT molecular complexity index is 399. The largest absolute Gasteiger partial charge is 0.391 e. The van der Waals surface area contributed by atoms with E-state index in [0.717, 1.165) is 0 Å². The van der Waals surface area contributed by atoms with Gasteiger partial charge in [-0.05, 0) is 12.8 Å². The Labute approximate surface area is 110 Å². The molecule has 0 spiro atoms. The number of hydrogen-bond acceptors (Lipinski definition) is 3. The third kappa shape index (κ3) is 3.39. The lowest BCUT2D eigenvalue weighted by atomic mass is 9.98. The van der Waals surface area contributed by atoms with Crippen molar-refractivity contribution in [1.82, 2.24) is 13.9 Å². The first-order chi connectivity index (χ1) is 8.82. The summed E-state index contributed by atoms with van der Waals surface area (Å²) in [6.45, 7) is 1.83. The summed E-state index contributed by atoms with van der Waals surface area (Å²) in [5.41, 5.74) is 0. The number of piperidine rings is 1. The lowest BCUT2D eigenvalue weighted by Crippen LogP contribution is -2.53. The summed E-state index contributed by atoms with van der Waals surface area (Å²) in [7, 11) is -3.59. The third-order valence-electron chi connectivity index (χ3n) is 3.65. The quantitative estimate of drug-likeness (QED) is 0.804. The Morgan fingerprint density at radius 3 is 1.89 bits per heavy atom. The molecule has 112 valence electrons. The maximum absolute atomic E-state index is 12.5. The van der Waals surface area contributed by atoms with Crippen molar-refractivity contribution in [1.29, 1.82) is 0 Å². The van der Waals surface area contributed by atoms with Crippen molar-refractivity contribution < 1.29 is 21.6 Å². The molecule has 2 saturated heterocycles. The maximum Gasteiger partial charge on any atom is 0.391 e. The van der Waals surface area contributed by atoms with E-state index < -0.39 is 22.3 Å². The van der Waals surface area contributed by atoms with E-state index in [1.807, 2.05) is 0 Å². The smallest absolute Gasteiger partial charge is 0.314 e. The van der Waals surface area contributed by atoms with E-state index in [1.54, 1.807) is 0 Å². The minimum Gasteiger partial charge on any atom is -0.314 e. The molecule has 0 aliphatic carbocycles. The van der Waals surface area contributed by atoms with Crippen LogP contribution in [0.2, 0.25) is 0 Å². The molecule has 0 radical (unpaired) electrons. The van der Waals surface area contributed by atoms with Gasteiger partial charge < -0.3 is 5.32 Å². The molecular formula is C10H18F3N3O2S. The van der Waals surface area contributed by atoms with E-state index >= 15 is 0 Å². The van der Waals surface area contributed by atoms with Gasteiger partial charge in [0.2, 0.25) is 0 Å². The Morgan fingerprint density at radius 2 is 1.42 bits per heavy atom. The Hall–Kier alpha value is -0.380. The van der Waals surface area contributed by atoms with E-state index in [0.29, 0.717) is 26.2 Å². The van der Waals surface area contributed by atoms with E-state index in [1.165, 1.54) is 8.61 Å². The second-order valence-electron chi connectivity index (χ2n) is 4.87. The molecule has 0 amide bonds. The fourth-order valence-corrected chi connectivity index (χ4v) is 4.10. The molecule has 0 saturated carbocycles. The first kappa shape index (κ1) is 15.0. The van der Waals surface area contributed by atoms with Crippen LogP contribution in [0.25, 0.3) is 0 Å². The summed E-state index contributed by atoms with van der Waals surface area (Å²) in [5, 5.41) is 3.04. The van der Waals surface area contributed by atoms with E-state index in [2.05, 4.69) is 5.32 Å². The molecule has 1 N–H and O–H groups in total. The summed E-state index contributed by atoms with van der Waals surface area (Å²) in [5.74, 6) is -1.37. The minimum atomic E-state index is -4.22. The fourth-order valence-electron chi connectivity index (χ4n) is 2.45. The number of piperazine rings is 1. The third-order valence-corrected chi connectivity index (χ3v) is 5.68. The van der Waals surface area contributed by atoms with Crippen LogP contribution in [0.15, 0.2) is 0 Å². The molecule has 0 atom stereocenters. The van der Waals surface area contributed by atoms with Gasteiger partial charge in [-0.3, -0.25) is 0 Å². The lowest BCUT2D eigenvalue weighted by molar-refractivity contribution is -0.182. The summed E-state index contributed by atoms with van der Waals surface area (Å²) < 4.78 is 64.6. The monoisotopic (exact) mass is 301 g/mol. The first-order valence-electron chi connectivity index (χ1n) is 6.34. The highest BCUT2D eigenvalue weighted by Gasteiger charge is 2.43. The number of nitrogens with zero attached hydrogens (tertiary/aromatic N) is 2. The van der Waals surface area contributed by atoms with E-state index in [4.69, 9.17) is 0 Å². The summed E-state index contributed by atoms with van der Waals surface area (Å²) >= 11 is 0. The molecule has 2 rings (SSSR count). The van der Waals surface area contributed by atoms with Gasteiger partial charge in [0.25, 0.3) is 10.2 Å². The maximum atomic E-state index is 12.5. The van der Waals surface area contributed by atoms with Crippen molar-refractivity contribution in [3.8, 4) is 0 Å². The average molecular weight is 301 g/mol. The second-order valence-corrected chi connectivity index (χ2v) is 6.80. The van der Waals surface area contributed by atoms with Crippen molar-refractivity contribution in [2.75, 3.05) is 39.3 Å². The Balaban J connectivity index is 1.96. The van der Waals surface area contributed by atoms with Gasteiger partial charge in [0.05, 0.1) is 5.92 Å². The summed E-state index contributed by atoms with van der Waals surface area (Å²) in [4.78, 5) is 0. The molecule has 2 aliphatic rings. The summed E-state index contributed by atoms with van der Waals surface area (Å²) in [6, 6.07) is 0. The van der Waals surface area contributed by atoms with Crippen LogP contribution in [0.4, 0.5) is 13.2 Å². The van der Waals surface area contributed by atoms with E-state index in [-0.39, 0.29) is 25.9 Å². The first-order valence-corrected chi connectivity index (χ1v) is 7.74. The van der Waals surface area contributed by atoms with Crippen molar-refractivity contribution in [3.05, 3.63) is 0 Å². The number of halogens is 3. The number of rotatable bonds is 2. The number of nitrogens with one attached hydrogen (secondary N) is 1. The van der Waals surface area contributed by atoms with Gasteiger partial charge in [-0.1, -0.05) is 0 Å². The van der Waals surface area contributed by atoms with Crippen molar-refractivity contribution in [2.45, 2.75) is 19.0 Å².